The van der Waals surface area contributed by atoms with Crippen LogP contribution in [0.25, 0.3) is 0 Å². The minimum absolute atomic E-state index is 0.0201. The molecule has 0 saturated carbocycles. The molecule has 0 spiro atoms. The Morgan fingerprint density at radius 1 is 1.00 bits per heavy atom. The first-order valence-corrected chi connectivity index (χ1v) is 10.5. The number of carbonyl (C=O) groups is 2. The molecule has 6 nitrogen and oxygen atoms in total. The summed E-state index contributed by atoms with van der Waals surface area (Å²) in [5.41, 5.74) is 1.84. The second kappa shape index (κ2) is 11.9. The third-order valence-corrected chi connectivity index (χ3v) is 4.34. The van der Waals surface area contributed by atoms with Gasteiger partial charge in [0.05, 0.1) is 12.2 Å². The Morgan fingerprint density at radius 3 is 2.27 bits per heavy atom. The van der Waals surface area contributed by atoms with Crippen molar-refractivity contribution in [3.05, 3.63) is 54.1 Å². The highest BCUT2D eigenvalue weighted by Gasteiger charge is 2.13. The molecule has 2 aromatic carbocycles. The number of amides is 2. The van der Waals surface area contributed by atoms with Crippen LogP contribution in [0, 0.1) is 5.92 Å². The lowest BCUT2D eigenvalue weighted by Crippen LogP contribution is -2.34. The molecule has 0 aliphatic heterocycles. The molecule has 2 rings (SSSR count). The van der Waals surface area contributed by atoms with E-state index in [0.29, 0.717) is 41.6 Å². The summed E-state index contributed by atoms with van der Waals surface area (Å²) >= 11 is 5.26. The molecule has 2 amide bonds. The number of nitrogens with one attached hydrogen (secondary N) is 3. The Labute approximate surface area is 183 Å². The third kappa shape index (κ3) is 7.83. The Kier molecular flexibility index (Phi) is 9.28. The largest absolute Gasteiger partial charge is 0.493 e. The number of carbonyl (C=O) groups excluding carboxylic acids is 2. The van der Waals surface area contributed by atoms with Gasteiger partial charge < -0.3 is 15.4 Å². The lowest BCUT2D eigenvalue weighted by Gasteiger charge is -2.13. The Morgan fingerprint density at radius 2 is 1.63 bits per heavy atom. The molecule has 0 radical (unpaired) electrons. The van der Waals surface area contributed by atoms with Gasteiger partial charge in [0.25, 0.3) is 5.91 Å². The van der Waals surface area contributed by atoms with Crippen LogP contribution >= 0.6 is 12.2 Å². The zero-order chi connectivity index (χ0) is 21.9. The molecule has 0 aliphatic rings. The van der Waals surface area contributed by atoms with E-state index in [1.807, 2.05) is 19.9 Å². The smallest absolute Gasteiger partial charge is 0.261 e. The van der Waals surface area contributed by atoms with Gasteiger partial charge in [0.1, 0.15) is 5.75 Å². The maximum atomic E-state index is 12.6. The highest BCUT2D eigenvalue weighted by atomic mass is 32.1. The fraction of sp³-hybridized carbons (Fsp3) is 0.348. The minimum atomic E-state index is -0.336. The highest BCUT2D eigenvalue weighted by molar-refractivity contribution is 7.80. The number of hydrogen-bond acceptors (Lipinski definition) is 4. The zero-order valence-electron chi connectivity index (χ0n) is 17.7. The fourth-order valence-electron chi connectivity index (χ4n) is 2.66. The molecule has 30 heavy (non-hydrogen) atoms. The monoisotopic (exact) mass is 427 g/mol. The predicted molar refractivity (Wildman–Crippen MR) is 125 cm³/mol. The van der Waals surface area contributed by atoms with E-state index in [-0.39, 0.29) is 16.9 Å². The molecule has 160 valence electrons. The lowest BCUT2D eigenvalue weighted by atomic mass is 10.1. The van der Waals surface area contributed by atoms with Crippen molar-refractivity contribution in [3.8, 4) is 5.75 Å². The van der Waals surface area contributed by atoms with Gasteiger partial charge in [-0.15, -0.1) is 0 Å². The average Bonchev–Trinajstić information content (AvgIpc) is 2.69. The van der Waals surface area contributed by atoms with E-state index in [0.717, 1.165) is 12.8 Å². The molecule has 0 fully saturated rings. The van der Waals surface area contributed by atoms with Crippen molar-refractivity contribution in [2.45, 2.75) is 40.0 Å². The first-order chi connectivity index (χ1) is 14.4. The molecule has 0 aliphatic carbocycles. The Balaban J connectivity index is 1.91. The summed E-state index contributed by atoms with van der Waals surface area (Å²) in [4.78, 5) is 24.4. The maximum absolute atomic E-state index is 12.6. The van der Waals surface area contributed by atoms with Gasteiger partial charge in [-0.3, -0.25) is 14.9 Å². The van der Waals surface area contributed by atoms with Crippen molar-refractivity contribution >= 4 is 40.5 Å². The summed E-state index contributed by atoms with van der Waals surface area (Å²) in [6.45, 7) is 6.64. The van der Waals surface area contributed by atoms with Crippen LogP contribution in [-0.2, 0) is 4.79 Å². The number of anilines is 2. The molecule has 2 aromatic rings. The van der Waals surface area contributed by atoms with E-state index >= 15 is 0 Å². The number of ether oxygens (including phenoxy) is 1. The molecule has 0 saturated heterocycles. The summed E-state index contributed by atoms with van der Waals surface area (Å²) in [6.07, 6.45) is 2.41. The molecular weight excluding hydrogens is 398 g/mol. The second-order valence-electron chi connectivity index (χ2n) is 7.33. The van der Waals surface area contributed by atoms with Gasteiger partial charge in [0.15, 0.2) is 5.11 Å². The summed E-state index contributed by atoms with van der Waals surface area (Å²) in [6, 6.07) is 14.2. The second-order valence-corrected chi connectivity index (χ2v) is 7.74. The fourth-order valence-corrected chi connectivity index (χ4v) is 2.87. The van der Waals surface area contributed by atoms with Gasteiger partial charge in [-0.1, -0.05) is 39.3 Å². The SMILES string of the molecule is CCCCOc1ccccc1C(=O)NC(=S)Nc1ccc(NC(=O)CC(C)C)cc1. The highest BCUT2D eigenvalue weighted by Crippen LogP contribution is 2.19. The van der Waals surface area contributed by atoms with Crippen LogP contribution in [0.15, 0.2) is 48.5 Å². The van der Waals surface area contributed by atoms with Crippen LogP contribution in [-0.4, -0.2) is 23.5 Å². The third-order valence-electron chi connectivity index (χ3n) is 4.13. The molecule has 0 bridgehead atoms. The quantitative estimate of drug-likeness (QED) is 0.389. The number of rotatable bonds is 9. The summed E-state index contributed by atoms with van der Waals surface area (Å²) < 4.78 is 5.71. The summed E-state index contributed by atoms with van der Waals surface area (Å²) in [5.74, 6) is 0.479. The number of benzene rings is 2. The predicted octanol–water partition coefficient (Wildman–Crippen LogP) is 4.98. The molecule has 7 heteroatoms. The van der Waals surface area contributed by atoms with E-state index < -0.39 is 0 Å². The van der Waals surface area contributed by atoms with Crippen LogP contribution in [0.1, 0.15) is 50.4 Å². The number of thiocarbonyl (C=S) groups is 1. The van der Waals surface area contributed by atoms with Crippen molar-refractivity contribution in [3.63, 3.8) is 0 Å². The van der Waals surface area contributed by atoms with E-state index in [1.165, 1.54) is 0 Å². The molecule has 3 N–H and O–H groups in total. The van der Waals surface area contributed by atoms with Crippen LogP contribution in [0.3, 0.4) is 0 Å². The molecule has 0 aromatic heterocycles. The first kappa shape index (κ1) is 23.3. The Hall–Kier alpha value is -2.93. The summed E-state index contributed by atoms with van der Waals surface area (Å²) in [5, 5.41) is 8.68. The number of para-hydroxylation sites is 1. The number of unbranched alkanes of at least 4 members (excludes halogenated alkanes) is 1. The maximum Gasteiger partial charge on any atom is 0.261 e. The minimum Gasteiger partial charge on any atom is -0.493 e. The van der Waals surface area contributed by atoms with Crippen molar-refractivity contribution in [2.75, 3.05) is 17.2 Å². The topological polar surface area (TPSA) is 79.5 Å². The zero-order valence-corrected chi connectivity index (χ0v) is 18.5. The average molecular weight is 428 g/mol. The van der Waals surface area contributed by atoms with Crippen LogP contribution < -0.4 is 20.7 Å². The normalized spacial score (nSPS) is 10.4. The van der Waals surface area contributed by atoms with Crippen molar-refractivity contribution in [1.82, 2.24) is 5.32 Å². The van der Waals surface area contributed by atoms with E-state index in [2.05, 4.69) is 22.9 Å². The molecule has 0 unspecified atom stereocenters. The molecular formula is C23H29N3O3S. The van der Waals surface area contributed by atoms with Crippen LogP contribution in [0.2, 0.25) is 0 Å². The molecule has 0 atom stereocenters. The lowest BCUT2D eigenvalue weighted by molar-refractivity contribution is -0.116. The van der Waals surface area contributed by atoms with Crippen LogP contribution in [0.5, 0.6) is 5.75 Å². The first-order valence-electron chi connectivity index (χ1n) is 10.1. The molecule has 0 heterocycles. The van der Waals surface area contributed by atoms with Gasteiger partial charge in [-0.2, -0.15) is 0 Å². The van der Waals surface area contributed by atoms with Gasteiger partial charge in [-0.05, 0) is 61.0 Å². The van der Waals surface area contributed by atoms with E-state index in [9.17, 15) is 9.59 Å². The van der Waals surface area contributed by atoms with Gasteiger partial charge in [-0.25, -0.2) is 0 Å². The van der Waals surface area contributed by atoms with Crippen molar-refractivity contribution in [2.24, 2.45) is 5.92 Å². The van der Waals surface area contributed by atoms with Crippen LogP contribution in [0.4, 0.5) is 11.4 Å². The van der Waals surface area contributed by atoms with E-state index in [4.69, 9.17) is 17.0 Å². The summed E-state index contributed by atoms with van der Waals surface area (Å²) in [7, 11) is 0. The Bertz CT molecular complexity index is 866. The van der Waals surface area contributed by atoms with Gasteiger partial charge >= 0.3 is 0 Å². The van der Waals surface area contributed by atoms with E-state index in [1.54, 1.807) is 42.5 Å². The van der Waals surface area contributed by atoms with Gasteiger partial charge in [0.2, 0.25) is 5.91 Å². The van der Waals surface area contributed by atoms with Crippen molar-refractivity contribution < 1.29 is 14.3 Å². The van der Waals surface area contributed by atoms with Crippen molar-refractivity contribution in [1.29, 1.82) is 0 Å². The standard InChI is InChI=1S/C23H29N3O3S/c1-4-5-14-29-20-9-7-6-8-19(20)22(28)26-23(30)25-18-12-10-17(11-13-18)24-21(27)15-16(2)3/h6-13,16H,4-5,14-15H2,1-3H3,(H,24,27)(H2,25,26,28,30). The number of hydrogen-bond donors (Lipinski definition) is 3. The van der Waals surface area contributed by atoms with Gasteiger partial charge in [0, 0.05) is 17.8 Å².